The summed E-state index contributed by atoms with van der Waals surface area (Å²) in [5.74, 6) is 0.806. The van der Waals surface area contributed by atoms with Crippen LogP contribution in [0.2, 0.25) is 5.02 Å². The number of para-hydroxylation sites is 1. The molecule has 0 amide bonds. The zero-order valence-electron chi connectivity index (χ0n) is 12.8. The molecule has 21 heavy (non-hydrogen) atoms. The van der Waals surface area contributed by atoms with Gasteiger partial charge in [-0.25, -0.2) is 0 Å². The van der Waals surface area contributed by atoms with Gasteiger partial charge in [-0.15, -0.1) is 0 Å². The molecule has 4 heteroatoms. The van der Waals surface area contributed by atoms with Crippen molar-refractivity contribution in [1.82, 2.24) is 5.32 Å². The predicted octanol–water partition coefficient (Wildman–Crippen LogP) is 3.93. The molecule has 2 fully saturated rings. The molecule has 1 heterocycles. The highest BCUT2D eigenvalue weighted by Crippen LogP contribution is 2.33. The van der Waals surface area contributed by atoms with Crippen LogP contribution < -0.4 is 10.1 Å². The van der Waals surface area contributed by atoms with Gasteiger partial charge in [0.15, 0.2) is 0 Å². The van der Waals surface area contributed by atoms with E-state index in [4.69, 9.17) is 21.1 Å². The van der Waals surface area contributed by atoms with E-state index < -0.39 is 0 Å². The Balaban J connectivity index is 1.60. The van der Waals surface area contributed by atoms with Gasteiger partial charge in [0.2, 0.25) is 0 Å². The molecule has 1 aromatic carbocycles. The molecule has 0 aromatic heterocycles. The molecule has 1 N–H and O–H groups in total. The molecule has 1 saturated heterocycles. The quantitative estimate of drug-likeness (QED) is 0.863. The summed E-state index contributed by atoms with van der Waals surface area (Å²) in [5.41, 5.74) is 1.11. The van der Waals surface area contributed by atoms with Gasteiger partial charge in [0.1, 0.15) is 12.4 Å². The highest BCUT2D eigenvalue weighted by atomic mass is 35.5. The lowest BCUT2D eigenvalue weighted by Crippen LogP contribution is -2.24. The third-order valence-corrected chi connectivity index (χ3v) is 4.47. The lowest BCUT2D eigenvalue weighted by atomic mass is 10.1. The Hall–Kier alpha value is -0.770. The summed E-state index contributed by atoms with van der Waals surface area (Å²) in [6.07, 6.45) is 4.86. The molecule has 1 aliphatic carbocycles. The first-order valence-electron chi connectivity index (χ1n) is 7.85. The smallest absolute Gasteiger partial charge is 0.142 e. The van der Waals surface area contributed by atoms with Crippen LogP contribution in [0.4, 0.5) is 0 Å². The van der Waals surface area contributed by atoms with Gasteiger partial charge in [-0.05, 0) is 45.6 Å². The van der Waals surface area contributed by atoms with Gasteiger partial charge in [-0.1, -0.05) is 23.7 Å². The van der Waals surface area contributed by atoms with Crippen LogP contribution in [0.3, 0.4) is 0 Å². The third-order valence-electron chi connectivity index (χ3n) is 4.17. The Labute approximate surface area is 132 Å². The maximum atomic E-state index is 6.31. The topological polar surface area (TPSA) is 30.5 Å². The fourth-order valence-corrected chi connectivity index (χ4v) is 3.02. The fourth-order valence-electron chi connectivity index (χ4n) is 2.77. The molecule has 0 bridgehead atoms. The average molecular weight is 310 g/mol. The van der Waals surface area contributed by atoms with Crippen molar-refractivity contribution in [3.8, 4) is 5.75 Å². The van der Waals surface area contributed by atoms with Gasteiger partial charge in [0.25, 0.3) is 0 Å². The van der Waals surface area contributed by atoms with Crippen LogP contribution in [-0.4, -0.2) is 24.4 Å². The van der Waals surface area contributed by atoms with Gasteiger partial charge in [-0.2, -0.15) is 0 Å². The van der Waals surface area contributed by atoms with Crippen molar-refractivity contribution in [3.05, 3.63) is 28.8 Å². The molecule has 3 rings (SSSR count). The number of hydrogen-bond donors (Lipinski definition) is 1. The largest absolute Gasteiger partial charge is 0.489 e. The minimum atomic E-state index is -0.0229. The Morgan fingerprint density at radius 2 is 2.14 bits per heavy atom. The highest BCUT2D eigenvalue weighted by molar-refractivity contribution is 6.32. The van der Waals surface area contributed by atoms with Crippen molar-refractivity contribution >= 4 is 11.6 Å². The normalized spacial score (nSPS) is 24.2. The van der Waals surface area contributed by atoms with Crippen LogP contribution in [0.1, 0.15) is 45.1 Å². The standard InChI is InChI=1S/C17H24ClNO2/c1-17(2)9-8-14(21-17)11-20-16-12(4-3-5-15(16)18)10-19-13-6-7-13/h3-5,13-14,19H,6-11H2,1-2H3. The predicted molar refractivity (Wildman–Crippen MR) is 85.0 cm³/mol. The van der Waals surface area contributed by atoms with Gasteiger partial charge in [0.05, 0.1) is 16.7 Å². The summed E-state index contributed by atoms with van der Waals surface area (Å²) < 4.78 is 12.0. The summed E-state index contributed by atoms with van der Waals surface area (Å²) in [6, 6.07) is 6.62. The van der Waals surface area contributed by atoms with E-state index in [1.54, 1.807) is 0 Å². The van der Waals surface area contributed by atoms with E-state index in [1.165, 1.54) is 12.8 Å². The van der Waals surface area contributed by atoms with Crippen molar-refractivity contribution in [3.63, 3.8) is 0 Å². The van der Waals surface area contributed by atoms with Gasteiger partial charge in [-0.3, -0.25) is 0 Å². The number of nitrogens with one attached hydrogen (secondary N) is 1. The fraction of sp³-hybridized carbons (Fsp3) is 0.647. The van der Waals surface area contributed by atoms with Crippen LogP contribution in [0.5, 0.6) is 5.75 Å². The number of ether oxygens (including phenoxy) is 2. The Morgan fingerprint density at radius 3 is 2.81 bits per heavy atom. The lowest BCUT2D eigenvalue weighted by Gasteiger charge is -2.20. The number of halogens is 1. The highest BCUT2D eigenvalue weighted by Gasteiger charge is 2.32. The van der Waals surface area contributed by atoms with Crippen LogP contribution in [0.25, 0.3) is 0 Å². The maximum Gasteiger partial charge on any atom is 0.142 e. The second kappa shape index (κ2) is 6.15. The van der Waals surface area contributed by atoms with E-state index >= 15 is 0 Å². The Bertz CT molecular complexity index is 500. The minimum absolute atomic E-state index is 0.0229. The number of hydrogen-bond acceptors (Lipinski definition) is 3. The van der Waals surface area contributed by atoms with Crippen LogP contribution in [0.15, 0.2) is 18.2 Å². The second-order valence-corrected chi connectivity index (χ2v) is 7.14. The molecule has 1 aliphatic heterocycles. The van der Waals surface area contributed by atoms with E-state index in [0.717, 1.165) is 30.7 Å². The molecule has 1 saturated carbocycles. The second-order valence-electron chi connectivity index (χ2n) is 6.73. The number of benzene rings is 1. The molecule has 0 spiro atoms. The van der Waals surface area contributed by atoms with Crippen molar-refractivity contribution in [2.24, 2.45) is 0 Å². The van der Waals surface area contributed by atoms with E-state index in [0.29, 0.717) is 17.7 Å². The zero-order valence-corrected chi connectivity index (χ0v) is 13.6. The molecule has 3 nitrogen and oxygen atoms in total. The maximum absolute atomic E-state index is 6.31. The number of rotatable bonds is 6. The van der Waals surface area contributed by atoms with E-state index in [1.807, 2.05) is 12.1 Å². The molecule has 2 aliphatic rings. The molecule has 0 radical (unpaired) electrons. The third kappa shape index (κ3) is 4.12. The van der Waals surface area contributed by atoms with Crippen molar-refractivity contribution in [1.29, 1.82) is 0 Å². The average Bonchev–Trinajstić information content (AvgIpc) is 3.19. The molecule has 116 valence electrons. The van der Waals surface area contributed by atoms with Gasteiger partial charge >= 0.3 is 0 Å². The van der Waals surface area contributed by atoms with Crippen molar-refractivity contribution in [2.45, 2.75) is 63.8 Å². The molecular formula is C17H24ClNO2. The molecule has 1 atom stereocenters. The van der Waals surface area contributed by atoms with Crippen molar-refractivity contribution < 1.29 is 9.47 Å². The summed E-state index contributed by atoms with van der Waals surface area (Å²) in [5, 5.41) is 4.19. The first kappa shape index (κ1) is 15.1. The van der Waals surface area contributed by atoms with Crippen molar-refractivity contribution in [2.75, 3.05) is 6.61 Å². The lowest BCUT2D eigenvalue weighted by molar-refractivity contribution is -0.0327. The molecular weight excluding hydrogens is 286 g/mol. The Kier molecular flexibility index (Phi) is 4.43. The SMILES string of the molecule is CC1(C)CCC(COc2c(Cl)cccc2CNC2CC2)O1. The minimum Gasteiger partial charge on any atom is -0.489 e. The Morgan fingerprint density at radius 1 is 1.33 bits per heavy atom. The monoisotopic (exact) mass is 309 g/mol. The van der Waals surface area contributed by atoms with E-state index in [-0.39, 0.29) is 11.7 Å². The first-order chi connectivity index (χ1) is 10.0. The summed E-state index contributed by atoms with van der Waals surface area (Å²) in [4.78, 5) is 0. The summed E-state index contributed by atoms with van der Waals surface area (Å²) >= 11 is 6.31. The van der Waals surface area contributed by atoms with Crippen LogP contribution in [-0.2, 0) is 11.3 Å². The molecule has 1 unspecified atom stereocenters. The van der Waals surface area contributed by atoms with Gasteiger partial charge in [0, 0.05) is 18.2 Å². The zero-order chi connectivity index (χ0) is 14.9. The summed E-state index contributed by atoms with van der Waals surface area (Å²) in [6.45, 7) is 5.65. The first-order valence-corrected chi connectivity index (χ1v) is 8.23. The summed E-state index contributed by atoms with van der Waals surface area (Å²) in [7, 11) is 0. The van der Waals surface area contributed by atoms with Gasteiger partial charge < -0.3 is 14.8 Å². The van der Waals surface area contributed by atoms with E-state index in [2.05, 4.69) is 25.2 Å². The van der Waals surface area contributed by atoms with E-state index in [9.17, 15) is 0 Å². The van der Waals surface area contributed by atoms with Crippen LogP contribution in [0, 0.1) is 0 Å². The molecule has 1 aromatic rings. The van der Waals surface area contributed by atoms with Crippen LogP contribution >= 0.6 is 11.6 Å².